The molecule has 0 aliphatic carbocycles. The summed E-state index contributed by atoms with van der Waals surface area (Å²) in [6.45, 7) is 7.85. The highest BCUT2D eigenvalue weighted by molar-refractivity contribution is 5.85. The second kappa shape index (κ2) is 8.00. The molecule has 0 saturated carbocycles. The highest BCUT2D eigenvalue weighted by atomic mass is 16.6. The second-order valence-corrected chi connectivity index (χ2v) is 7.40. The summed E-state index contributed by atoms with van der Waals surface area (Å²) < 4.78 is 4.30. The lowest BCUT2D eigenvalue weighted by Gasteiger charge is -2.14. The molecular formula is C22H27N5O. The molecule has 1 unspecified atom stereocenters. The normalized spacial score (nSPS) is 16.2. The zero-order chi connectivity index (χ0) is 19.5. The molecule has 0 N–H and O–H groups in total. The van der Waals surface area contributed by atoms with Crippen molar-refractivity contribution >= 4 is 5.71 Å². The van der Waals surface area contributed by atoms with E-state index in [1.807, 2.05) is 19.3 Å². The van der Waals surface area contributed by atoms with Gasteiger partial charge in [0.1, 0.15) is 0 Å². The number of aryl methyl sites for hydroxylation is 3. The topological polar surface area (TPSA) is 57.2 Å². The van der Waals surface area contributed by atoms with E-state index in [9.17, 15) is 0 Å². The molecule has 0 fully saturated rings. The van der Waals surface area contributed by atoms with E-state index in [0.717, 1.165) is 55.0 Å². The Bertz CT molecular complexity index is 970. The molecule has 6 nitrogen and oxygen atoms in total. The van der Waals surface area contributed by atoms with E-state index >= 15 is 0 Å². The SMILES string of the molecule is CCC1=NOC(Cn2cnc(-c3ccccc3)c2CCn2nc(C)cc2C)C1. The van der Waals surface area contributed by atoms with Crippen molar-refractivity contribution in [2.24, 2.45) is 5.16 Å². The van der Waals surface area contributed by atoms with E-state index < -0.39 is 0 Å². The Hall–Kier alpha value is -2.89. The Labute approximate surface area is 165 Å². The first kappa shape index (κ1) is 18.5. The van der Waals surface area contributed by atoms with Gasteiger partial charge >= 0.3 is 0 Å². The summed E-state index contributed by atoms with van der Waals surface area (Å²) in [5.41, 5.74) is 6.77. The van der Waals surface area contributed by atoms with Crippen LogP contribution in [0, 0.1) is 13.8 Å². The van der Waals surface area contributed by atoms with E-state index in [1.165, 1.54) is 11.4 Å². The molecule has 4 rings (SSSR count). The number of hydrogen-bond donors (Lipinski definition) is 0. The fourth-order valence-electron chi connectivity index (χ4n) is 3.79. The monoisotopic (exact) mass is 377 g/mol. The van der Waals surface area contributed by atoms with Crippen LogP contribution in [0.5, 0.6) is 0 Å². The molecule has 6 heteroatoms. The summed E-state index contributed by atoms with van der Waals surface area (Å²) >= 11 is 0. The lowest BCUT2D eigenvalue weighted by molar-refractivity contribution is 0.0718. The lowest BCUT2D eigenvalue weighted by Crippen LogP contribution is -2.18. The highest BCUT2D eigenvalue weighted by Crippen LogP contribution is 2.25. The van der Waals surface area contributed by atoms with Gasteiger partial charge in [-0.05, 0) is 26.3 Å². The summed E-state index contributed by atoms with van der Waals surface area (Å²) in [5.74, 6) is 0. The van der Waals surface area contributed by atoms with Gasteiger partial charge in [-0.1, -0.05) is 42.4 Å². The fourth-order valence-corrected chi connectivity index (χ4v) is 3.79. The largest absolute Gasteiger partial charge is 0.390 e. The van der Waals surface area contributed by atoms with E-state index in [-0.39, 0.29) is 6.10 Å². The quantitative estimate of drug-likeness (QED) is 0.621. The molecule has 0 amide bonds. The van der Waals surface area contributed by atoms with Crippen molar-refractivity contribution < 1.29 is 4.84 Å². The van der Waals surface area contributed by atoms with Gasteiger partial charge in [-0.3, -0.25) is 4.68 Å². The van der Waals surface area contributed by atoms with Gasteiger partial charge in [0.05, 0.1) is 30.0 Å². The van der Waals surface area contributed by atoms with Gasteiger partial charge in [0.2, 0.25) is 0 Å². The van der Waals surface area contributed by atoms with Gasteiger partial charge in [-0.2, -0.15) is 5.10 Å². The summed E-state index contributed by atoms with van der Waals surface area (Å²) in [4.78, 5) is 10.4. The van der Waals surface area contributed by atoms with Gasteiger partial charge in [0, 0.05) is 36.3 Å². The minimum Gasteiger partial charge on any atom is -0.390 e. The van der Waals surface area contributed by atoms with E-state index in [4.69, 9.17) is 9.82 Å². The average Bonchev–Trinajstić information content (AvgIpc) is 3.40. The van der Waals surface area contributed by atoms with Crippen LogP contribution in [-0.2, 0) is 24.3 Å². The summed E-state index contributed by atoms with van der Waals surface area (Å²) in [6, 6.07) is 12.5. The van der Waals surface area contributed by atoms with E-state index in [0.29, 0.717) is 0 Å². The third-order valence-electron chi connectivity index (χ3n) is 5.26. The second-order valence-electron chi connectivity index (χ2n) is 7.40. The van der Waals surface area contributed by atoms with Gasteiger partial charge < -0.3 is 9.40 Å². The highest BCUT2D eigenvalue weighted by Gasteiger charge is 2.23. The zero-order valence-electron chi connectivity index (χ0n) is 16.8. The predicted molar refractivity (Wildman–Crippen MR) is 110 cm³/mol. The summed E-state index contributed by atoms with van der Waals surface area (Å²) in [7, 11) is 0. The molecule has 1 aliphatic heterocycles. The van der Waals surface area contributed by atoms with Gasteiger partial charge in [0.15, 0.2) is 6.10 Å². The number of aromatic nitrogens is 4. The molecule has 3 aromatic rings. The third-order valence-corrected chi connectivity index (χ3v) is 5.26. The van der Waals surface area contributed by atoms with Crippen LogP contribution in [0.2, 0.25) is 0 Å². The van der Waals surface area contributed by atoms with Crippen LogP contribution < -0.4 is 0 Å². The molecule has 1 aromatic carbocycles. The first-order chi connectivity index (χ1) is 13.6. The molecule has 28 heavy (non-hydrogen) atoms. The van der Waals surface area contributed by atoms with Crippen molar-refractivity contribution in [3.05, 3.63) is 59.8 Å². The molecule has 0 saturated heterocycles. The number of imidazole rings is 1. The summed E-state index contributed by atoms with van der Waals surface area (Å²) in [6.07, 6.45) is 4.72. The minimum absolute atomic E-state index is 0.0835. The predicted octanol–water partition coefficient (Wildman–Crippen LogP) is 4.16. The average molecular weight is 377 g/mol. The fraction of sp³-hybridized carbons (Fsp3) is 0.409. The third kappa shape index (κ3) is 3.86. The molecule has 0 spiro atoms. The number of hydrogen-bond acceptors (Lipinski definition) is 4. The standard InChI is InChI=1S/C22H27N5O/c1-4-19-13-20(28-25-19)14-26-15-23-22(18-8-6-5-7-9-18)21(26)10-11-27-17(3)12-16(2)24-27/h5-9,12,15,20H,4,10-11,13-14H2,1-3H3. The van der Waals surface area contributed by atoms with Crippen LogP contribution in [0.3, 0.4) is 0 Å². The first-order valence-corrected chi connectivity index (χ1v) is 9.96. The first-order valence-electron chi connectivity index (χ1n) is 9.96. The summed E-state index contributed by atoms with van der Waals surface area (Å²) in [5, 5.41) is 8.81. The Morgan fingerprint density at radius 1 is 1.18 bits per heavy atom. The maximum atomic E-state index is 5.64. The maximum absolute atomic E-state index is 5.64. The van der Waals surface area contributed by atoms with E-state index in [1.54, 1.807) is 0 Å². The Morgan fingerprint density at radius 3 is 2.68 bits per heavy atom. The minimum atomic E-state index is 0.0835. The number of oxime groups is 1. The molecule has 1 atom stereocenters. The molecule has 1 aliphatic rings. The van der Waals surface area contributed by atoms with Crippen molar-refractivity contribution in [2.45, 2.75) is 59.2 Å². The smallest absolute Gasteiger partial charge is 0.150 e. The van der Waals surface area contributed by atoms with Crippen LogP contribution in [-0.4, -0.2) is 31.1 Å². The van der Waals surface area contributed by atoms with E-state index in [2.05, 4.69) is 63.7 Å². The molecule has 146 valence electrons. The number of benzene rings is 1. The van der Waals surface area contributed by atoms with Crippen molar-refractivity contribution in [2.75, 3.05) is 0 Å². The zero-order valence-corrected chi connectivity index (χ0v) is 16.8. The van der Waals surface area contributed by atoms with Crippen LogP contribution in [0.1, 0.15) is 36.8 Å². The molecular weight excluding hydrogens is 350 g/mol. The van der Waals surface area contributed by atoms with Crippen LogP contribution in [0.4, 0.5) is 0 Å². The molecule has 2 aromatic heterocycles. The van der Waals surface area contributed by atoms with Gasteiger partial charge in [-0.25, -0.2) is 4.98 Å². The number of rotatable bonds is 7. The Balaban J connectivity index is 1.59. The Morgan fingerprint density at radius 2 is 2.00 bits per heavy atom. The van der Waals surface area contributed by atoms with Crippen LogP contribution in [0.15, 0.2) is 47.9 Å². The van der Waals surface area contributed by atoms with Crippen LogP contribution >= 0.6 is 0 Å². The van der Waals surface area contributed by atoms with Crippen LogP contribution in [0.25, 0.3) is 11.3 Å². The Kier molecular flexibility index (Phi) is 5.28. The van der Waals surface area contributed by atoms with Crippen molar-refractivity contribution in [1.29, 1.82) is 0 Å². The van der Waals surface area contributed by atoms with Crippen molar-refractivity contribution in [3.63, 3.8) is 0 Å². The van der Waals surface area contributed by atoms with Crippen molar-refractivity contribution in [1.82, 2.24) is 19.3 Å². The van der Waals surface area contributed by atoms with Gasteiger partial charge in [0.25, 0.3) is 0 Å². The van der Waals surface area contributed by atoms with Gasteiger partial charge in [-0.15, -0.1) is 0 Å². The molecule has 0 bridgehead atoms. The molecule has 3 heterocycles. The number of nitrogens with zero attached hydrogens (tertiary/aromatic N) is 5. The van der Waals surface area contributed by atoms with Crippen molar-refractivity contribution in [3.8, 4) is 11.3 Å². The maximum Gasteiger partial charge on any atom is 0.150 e. The lowest BCUT2D eigenvalue weighted by atomic mass is 10.1. The molecule has 0 radical (unpaired) electrons.